The molecule has 0 saturated carbocycles. The van der Waals surface area contributed by atoms with E-state index in [0.717, 1.165) is 6.07 Å². The van der Waals surface area contributed by atoms with Crippen LogP contribution in [0.2, 0.25) is 0 Å². The number of nitrogens with zero attached hydrogens (tertiary/aromatic N) is 3. The number of carboxylic acid groups (broad SMARTS) is 1. The van der Waals surface area contributed by atoms with E-state index in [1.54, 1.807) is 6.92 Å². The lowest BCUT2D eigenvalue weighted by molar-refractivity contribution is -0.384. The van der Waals surface area contributed by atoms with Crippen molar-refractivity contribution in [3.8, 4) is 11.4 Å². The van der Waals surface area contributed by atoms with Crippen LogP contribution in [0.25, 0.3) is 22.4 Å². The molecule has 4 aromatic rings. The molecule has 0 unspecified atom stereocenters. The van der Waals surface area contributed by atoms with Gasteiger partial charge in [0.15, 0.2) is 0 Å². The van der Waals surface area contributed by atoms with E-state index >= 15 is 0 Å². The number of nitro benzene ring substituents is 1. The van der Waals surface area contributed by atoms with Crippen molar-refractivity contribution in [2.45, 2.75) is 13.5 Å². The number of carbonyl (C=O) groups excluding carboxylic acids is 2. The van der Waals surface area contributed by atoms with Gasteiger partial charge in [0.2, 0.25) is 5.69 Å². The standard InChI is InChI=1S/C23H18N6O9/c1-2-37-22(33)11-3-5-12(6-4-11)26-23(34)38-10-13-9-24-19(25-13)14-7-15-16(8-17(14)29(35)36)28-20(30)18(27-15)21(31)32/h3-9H,2,10H2,1H3,(H,24,25)(H,26,34)(H,28,30)(H,31,32). The molecule has 0 aliphatic heterocycles. The molecule has 0 aliphatic rings. The maximum Gasteiger partial charge on any atom is 0.412 e. The van der Waals surface area contributed by atoms with Gasteiger partial charge >= 0.3 is 18.0 Å². The number of nitrogens with one attached hydrogen (secondary N) is 3. The number of carbonyl (C=O) groups is 3. The van der Waals surface area contributed by atoms with Gasteiger partial charge in [0, 0.05) is 11.8 Å². The molecule has 2 aromatic carbocycles. The molecule has 0 aliphatic carbocycles. The van der Waals surface area contributed by atoms with Gasteiger partial charge in [-0.1, -0.05) is 0 Å². The maximum absolute atomic E-state index is 12.2. The summed E-state index contributed by atoms with van der Waals surface area (Å²) in [6.45, 7) is 1.65. The van der Waals surface area contributed by atoms with Crippen LogP contribution in [0, 0.1) is 10.1 Å². The molecule has 15 heteroatoms. The third-order valence-electron chi connectivity index (χ3n) is 5.09. The van der Waals surface area contributed by atoms with Crippen LogP contribution in [0.3, 0.4) is 0 Å². The smallest absolute Gasteiger partial charge is 0.412 e. The molecule has 2 aromatic heterocycles. The molecule has 2 heterocycles. The molecule has 0 bridgehead atoms. The summed E-state index contributed by atoms with van der Waals surface area (Å²) < 4.78 is 10.0. The summed E-state index contributed by atoms with van der Waals surface area (Å²) in [6, 6.07) is 8.22. The van der Waals surface area contributed by atoms with Gasteiger partial charge in [-0.25, -0.2) is 24.4 Å². The third kappa shape index (κ3) is 5.46. The second kappa shape index (κ2) is 10.6. The molecular weight excluding hydrogens is 504 g/mol. The molecule has 15 nitrogen and oxygen atoms in total. The summed E-state index contributed by atoms with van der Waals surface area (Å²) >= 11 is 0. The zero-order valence-electron chi connectivity index (χ0n) is 19.5. The van der Waals surface area contributed by atoms with Gasteiger partial charge in [0.05, 0.1) is 45.6 Å². The van der Waals surface area contributed by atoms with Crippen molar-refractivity contribution in [3.05, 3.63) is 80.0 Å². The first-order valence-electron chi connectivity index (χ1n) is 10.9. The van der Waals surface area contributed by atoms with Gasteiger partial charge in [-0.2, -0.15) is 0 Å². The van der Waals surface area contributed by atoms with Gasteiger partial charge in [0.1, 0.15) is 12.4 Å². The fraction of sp³-hybridized carbons (Fsp3) is 0.130. The van der Waals surface area contributed by atoms with Crippen LogP contribution in [-0.4, -0.2) is 54.6 Å². The number of aromatic nitrogens is 4. The number of benzene rings is 2. The first kappa shape index (κ1) is 25.5. The van der Waals surface area contributed by atoms with Gasteiger partial charge < -0.3 is 24.5 Å². The largest absolute Gasteiger partial charge is 0.476 e. The first-order chi connectivity index (χ1) is 18.2. The number of nitro groups is 1. The van der Waals surface area contributed by atoms with Crippen molar-refractivity contribution < 1.29 is 33.9 Å². The number of rotatable bonds is 8. The Bertz CT molecular complexity index is 1620. The van der Waals surface area contributed by atoms with Crippen LogP contribution >= 0.6 is 0 Å². The predicted octanol–water partition coefficient (Wildman–Crippen LogP) is 2.84. The Morgan fingerprint density at radius 3 is 2.53 bits per heavy atom. The molecule has 0 atom stereocenters. The fourth-order valence-electron chi connectivity index (χ4n) is 3.38. The highest BCUT2D eigenvalue weighted by Gasteiger charge is 2.22. The number of hydrogen-bond acceptors (Lipinski definition) is 10. The topological polar surface area (TPSA) is 219 Å². The summed E-state index contributed by atoms with van der Waals surface area (Å²) in [5.74, 6) is -2.02. The van der Waals surface area contributed by atoms with E-state index < -0.39 is 39.9 Å². The number of ether oxygens (including phenoxy) is 2. The second-order valence-electron chi connectivity index (χ2n) is 7.62. The van der Waals surface area contributed by atoms with E-state index in [2.05, 4.69) is 25.3 Å². The second-order valence-corrected chi connectivity index (χ2v) is 7.62. The molecule has 4 N–H and O–H groups in total. The summed E-state index contributed by atoms with van der Waals surface area (Å²) in [5.41, 5.74) is -1.29. The van der Waals surface area contributed by atoms with E-state index in [9.17, 15) is 29.3 Å². The lowest BCUT2D eigenvalue weighted by atomic mass is 10.1. The predicted molar refractivity (Wildman–Crippen MR) is 130 cm³/mol. The zero-order valence-corrected chi connectivity index (χ0v) is 19.5. The zero-order chi connectivity index (χ0) is 27.4. The third-order valence-corrected chi connectivity index (χ3v) is 5.09. The van der Waals surface area contributed by atoms with Crippen molar-refractivity contribution in [1.82, 2.24) is 19.9 Å². The Morgan fingerprint density at radius 1 is 1.13 bits per heavy atom. The molecule has 0 radical (unpaired) electrons. The van der Waals surface area contributed by atoms with Crippen molar-refractivity contribution in [3.63, 3.8) is 0 Å². The van der Waals surface area contributed by atoms with Crippen LogP contribution in [-0.2, 0) is 16.1 Å². The number of aromatic amines is 2. The molecule has 38 heavy (non-hydrogen) atoms. The van der Waals surface area contributed by atoms with Crippen molar-refractivity contribution in [2.24, 2.45) is 0 Å². The number of imidazole rings is 1. The first-order valence-corrected chi connectivity index (χ1v) is 10.9. The molecule has 0 spiro atoms. The Labute approximate surface area is 211 Å². The number of hydrogen-bond donors (Lipinski definition) is 4. The van der Waals surface area contributed by atoms with Crippen LogP contribution in [0.15, 0.2) is 47.4 Å². The number of aromatic carboxylic acids is 1. The van der Waals surface area contributed by atoms with Crippen LogP contribution in [0.4, 0.5) is 16.2 Å². The Hall–Kier alpha value is -5.60. The highest BCUT2D eigenvalue weighted by molar-refractivity contribution is 5.92. The maximum atomic E-state index is 12.2. The quantitative estimate of drug-likeness (QED) is 0.150. The van der Waals surface area contributed by atoms with Gasteiger partial charge in [-0.05, 0) is 37.3 Å². The number of anilines is 1. The molecule has 1 amide bonds. The highest BCUT2D eigenvalue weighted by atomic mass is 16.6. The van der Waals surface area contributed by atoms with Crippen LogP contribution in [0.5, 0.6) is 0 Å². The molecular formula is C23H18N6O9. The molecule has 194 valence electrons. The minimum atomic E-state index is -1.56. The minimum absolute atomic E-state index is 0.00912. The average molecular weight is 522 g/mol. The Kier molecular flexibility index (Phi) is 7.09. The van der Waals surface area contributed by atoms with Crippen LogP contribution in [0.1, 0.15) is 33.5 Å². The van der Waals surface area contributed by atoms with Crippen molar-refractivity contribution >= 4 is 40.4 Å². The van der Waals surface area contributed by atoms with E-state index in [1.165, 1.54) is 36.5 Å². The van der Waals surface area contributed by atoms with Crippen LogP contribution < -0.4 is 10.9 Å². The average Bonchev–Trinajstić information content (AvgIpc) is 3.35. The summed E-state index contributed by atoms with van der Waals surface area (Å²) in [7, 11) is 0. The monoisotopic (exact) mass is 522 g/mol. The minimum Gasteiger partial charge on any atom is -0.476 e. The number of H-pyrrole nitrogens is 2. The number of fused-ring (bicyclic) bond motifs is 1. The normalized spacial score (nSPS) is 10.7. The summed E-state index contributed by atoms with van der Waals surface area (Å²) in [4.78, 5) is 70.8. The summed E-state index contributed by atoms with van der Waals surface area (Å²) in [6.07, 6.45) is 0.490. The molecule has 0 fully saturated rings. The SMILES string of the molecule is CCOC(=O)c1ccc(NC(=O)OCc2cnc(-c3cc4nc(C(=O)O)c(=O)[nH]c4cc3[N+](=O)[O-])[nH]2)cc1. The van der Waals surface area contributed by atoms with Gasteiger partial charge in [-0.15, -0.1) is 0 Å². The van der Waals surface area contributed by atoms with Gasteiger partial charge in [-0.3, -0.25) is 20.2 Å². The Balaban J connectivity index is 1.49. The van der Waals surface area contributed by atoms with E-state index in [1.807, 2.05) is 0 Å². The van der Waals surface area contributed by atoms with E-state index in [4.69, 9.17) is 14.6 Å². The Morgan fingerprint density at radius 2 is 1.87 bits per heavy atom. The van der Waals surface area contributed by atoms with E-state index in [0.29, 0.717) is 16.9 Å². The number of amides is 1. The molecule has 0 saturated heterocycles. The van der Waals surface area contributed by atoms with Gasteiger partial charge in [0.25, 0.3) is 11.2 Å². The molecule has 4 rings (SSSR count). The number of carboxylic acids is 1. The summed E-state index contributed by atoms with van der Waals surface area (Å²) in [5, 5.41) is 23.3. The highest BCUT2D eigenvalue weighted by Crippen LogP contribution is 2.31. The van der Waals surface area contributed by atoms with E-state index in [-0.39, 0.29) is 35.6 Å². The lowest BCUT2D eigenvalue weighted by Gasteiger charge is -2.07. The van der Waals surface area contributed by atoms with Crippen molar-refractivity contribution in [1.29, 1.82) is 0 Å². The fourth-order valence-corrected chi connectivity index (χ4v) is 3.38. The lowest BCUT2D eigenvalue weighted by Crippen LogP contribution is -2.19. The van der Waals surface area contributed by atoms with Crippen molar-refractivity contribution in [2.75, 3.05) is 11.9 Å². The number of esters is 1.